The van der Waals surface area contributed by atoms with Crippen LogP contribution in [-0.4, -0.2) is 22.2 Å². The summed E-state index contributed by atoms with van der Waals surface area (Å²) in [4.78, 5) is 11.8. The van der Waals surface area contributed by atoms with Crippen LogP contribution in [0.4, 0.5) is 4.39 Å². The molecule has 0 saturated heterocycles. The van der Waals surface area contributed by atoms with Crippen molar-refractivity contribution in [1.29, 1.82) is 0 Å². The van der Waals surface area contributed by atoms with Gasteiger partial charge in [0, 0.05) is 18.9 Å². The van der Waals surface area contributed by atoms with Crippen molar-refractivity contribution in [2.75, 3.05) is 6.54 Å². The van der Waals surface area contributed by atoms with Crippen molar-refractivity contribution in [3.63, 3.8) is 0 Å². The summed E-state index contributed by atoms with van der Waals surface area (Å²) in [5, 5.41) is 6.67. The second kappa shape index (κ2) is 5.44. The number of amides is 1. The van der Waals surface area contributed by atoms with E-state index in [1.807, 2.05) is 13.0 Å². The van der Waals surface area contributed by atoms with Crippen molar-refractivity contribution in [3.05, 3.63) is 53.6 Å². The highest BCUT2D eigenvalue weighted by atomic mass is 19.1. The van der Waals surface area contributed by atoms with E-state index in [0.29, 0.717) is 13.1 Å². The molecule has 0 bridgehead atoms. The number of benzene rings is 1. The molecule has 0 fully saturated rings. The molecule has 0 aliphatic heterocycles. The third-order valence-electron chi connectivity index (χ3n) is 2.55. The van der Waals surface area contributed by atoms with Gasteiger partial charge in [-0.05, 0) is 25.1 Å². The van der Waals surface area contributed by atoms with Crippen LogP contribution in [-0.2, 0) is 6.54 Å². The van der Waals surface area contributed by atoms with Crippen molar-refractivity contribution in [1.82, 2.24) is 15.1 Å². The van der Waals surface area contributed by atoms with Gasteiger partial charge in [-0.15, -0.1) is 0 Å². The largest absolute Gasteiger partial charge is 0.350 e. The summed E-state index contributed by atoms with van der Waals surface area (Å²) in [7, 11) is 0. The van der Waals surface area contributed by atoms with Crippen molar-refractivity contribution in [2.45, 2.75) is 13.5 Å². The van der Waals surface area contributed by atoms with Crippen LogP contribution in [0.3, 0.4) is 0 Å². The van der Waals surface area contributed by atoms with Crippen LogP contribution in [0.2, 0.25) is 0 Å². The number of rotatable bonds is 4. The highest BCUT2D eigenvalue weighted by molar-refractivity contribution is 5.94. The summed E-state index contributed by atoms with van der Waals surface area (Å²) in [5.41, 5.74) is 0.934. The lowest BCUT2D eigenvalue weighted by Gasteiger charge is -2.07. The first kappa shape index (κ1) is 12.3. The fraction of sp³-hybridized carbons (Fsp3) is 0.231. The van der Waals surface area contributed by atoms with Gasteiger partial charge in [-0.25, -0.2) is 4.39 Å². The summed E-state index contributed by atoms with van der Waals surface area (Å²) in [6.07, 6.45) is 3.47. The molecule has 0 unspecified atom stereocenters. The SMILES string of the molecule is Cc1ccc(F)c(C(=O)NCCn2cccn2)c1. The molecule has 2 aromatic rings. The average Bonchev–Trinajstić information content (AvgIpc) is 2.85. The maximum absolute atomic E-state index is 13.4. The third kappa shape index (κ3) is 2.94. The van der Waals surface area contributed by atoms with E-state index in [9.17, 15) is 9.18 Å². The number of carbonyl (C=O) groups excluding carboxylic acids is 1. The lowest BCUT2D eigenvalue weighted by Crippen LogP contribution is -2.28. The summed E-state index contributed by atoms with van der Waals surface area (Å²) in [6, 6.07) is 6.29. The highest BCUT2D eigenvalue weighted by Crippen LogP contribution is 2.09. The Labute approximate surface area is 104 Å². The molecule has 0 atom stereocenters. The van der Waals surface area contributed by atoms with Gasteiger partial charge in [-0.3, -0.25) is 9.48 Å². The molecule has 5 heteroatoms. The predicted octanol–water partition coefficient (Wildman–Crippen LogP) is 1.76. The molecule has 1 aromatic heterocycles. The molecule has 0 spiro atoms. The van der Waals surface area contributed by atoms with Gasteiger partial charge in [0.2, 0.25) is 0 Å². The lowest BCUT2D eigenvalue weighted by atomic mass is 10.1. The van der Waals surface area contributed by atoms with Crippen molar-refractivity contribution >= 4 is 5.91 Å². The quantitative estimate of drug-likeness (QED) is 0.894. The van der Waals surface area contributed by atoms with Gasteiger partial charge in [0.15, 0.2) is 0 Å². The van der Waals surface area contributed by atoms with Crippen LogP contribution >= 0.6 is 0 Å². The number of nitrogens with zero attached hydrogens (tertiary/aromatic N) is 2. The summed E-state index contributed by atoms with van der Waals surface area (Å²) in [5.74, 6) is -0.902. The Bertz CT molecular complexity index is 537. The minimum atomic E-state index is -0.503. The molecule has 4 nitrogen and oxygen atoms in total. The van der Waals surface area contributed by atoms with Crippen LogP contribution in [0.1, 0.15) is 15.9 Å². The van der Waals surface area contributed by atoms with E-state index in [-0.39, 0.29) is 5.56 Å². The first-order valence-corrected chi connectivity index (χ1v) is 5.68. The Morgan fingerprint density at radius 3 is 3.06 bits per heavy atom. The van der Waals surface area contributed by atoms with Crippen LogP contribution in [0.25, 0.3) is 0 Å². The molecule has 0 radical (unpaired) electrons. The van der Waals surface area contributed by atoms with Crippen LogP contribution < -0.4 is 5.32 Å². The molecular weight excluding hydrogens is 233 g/mol. The Kier molecular flexibility index (Phi) is 3.72. The maximum Gasteiger partial charge on any atom is 0.254 e. The molecule has 0 aliphatic carbocycles. The zero-order valence-corrected chi connectivity index (χ0v) is 10.1. The van der Waals surface area contributed by atoms with E-state index in [0.717, 1.165) is 5.56 Å². The lowest BCUT2D eigenvalue weighted by molar-refractivity contribution is 0.0948. The Morgan fingerprint density at radius 1 is 1.50 bits per heavy atom. The number of hydrogen-bond donors (Lipinski definition) is 1. The Morgan fingerprint density at radius 2 is 2.33 bits per heavy atom. The van der Waals surface area contributed by atoms with Crippen LogP contribution in [0.15, 0.2) is 36.7 Å². The van der Waals surface area contributed by atoms with Gasteiger partial charge in [0.25, 0.3) is 5.91 Å². The molecule has 1 N–H and O–H groups in total. The number of aryl methyl sites for hydroxylation is 1. The van der Waals surface area contributed by atoms with Gasteiger partial charge < -0.3 is 5.32 Å². The van der Waals surface area contributed by atoms with E-state index in [1.54, 1.807) is 29.2 Å². The van der Waals surface area contributed by atoms with Gasteiger partial charge >= 0.3 is 0 Å². The van der Waals surface area contributed by atoms with E-state index < -0.39 is 11.7 Å². The molecule has 0 saturated carbocycles. The summed E-state index contributed by atoms with van der Waals surface area (Å²) >= 11 is 0. The summed E-state index contributed by atoms with van der Waals surface area (Å²) < 4.78 is 15.1. The van der Waals surface area contributed by atoms with E-state index in [4.69, 9.17) is 0 Å². The zero-order valence-electron chi connectivity index (χ0n) is 10.1. The zero-order chi connectivity index (χ0) is 13.0. The molecular formula is C13H14FN3O. The van der Waals surface area contributed by atoms with E-state index in [1.165, 1.54) is 6.07 Å². The van der Waals surface area contributed by atoms with Crippen molar-refractivity contribution in [3.8, 4) is 0 Å². The highest BCUT2D eigenvalue weighted by Gasteiger charge is 2.10. The predicted molar refractivity (Wildman–Crippen MR) is 65.7 cm³/mol. The van der Waals surface area contributed by atoms with Crippen molar-refractivity contribution in [2.24, 2.45) is 0 Å². The molecule has 18 heavy (non-hydrogen) atoms. The Hall–Kier alpha value is -2.17. The minimum absolute atomic E-state index is 0.0791. The first-order chi connectivity index (χ1) is 8.66. The fourth-order valence-electron chi connectivity index (χ4n) is 1.63. The summed E-state index contributed by atoms with van der Waals surface area (Å²) in [6.45, 7) is 2.79. The Balaban J connectivity index is 1.93. The topological polar surface area (TPSA) is 46.9 Å². The molecule has 94 valence electrons. The molecule has 1 amide bonds. The van der Waals surface area contributed by atoms with Gasteiger partial charge in [-0.1, -0.05) is 11.6 Å². The smallest absolute Gasteiger partial charge is 0.254 e. The van der Waals surface area contributed by atoms with Gasteiger partial charge in [0.05, 0.1) is 12.1 Å². The maximum atomic E-state index is 13.4. The average molecular weight is 247 g/mol. The first-order valence-electron chi connectivity index (χ1n) is 5.68. The van der Waals surface area contributed by atoms with Crippen LogP contribution in [0, 0.1) is 12.7 Å². The molecule has 2 rings (SSSR count). The second-order valence-corrected chi connectivity index (χ2v) is 4.01. The number of carbonyl (C=O) groups is 1. The monoisotopic (exact) mass is 247 g/mol. The molecule has 1 aromatic carbocycles. The number of halogens is 1. The van der Waals surface area contributed by atoms with Crippen LogP contribution in [0.5, 0.6) is 0 Å². The van der Waals surface area contributed by atoms with Gasteiger partial charge in [-0.2, -0.15) is 5.10 Å². The number of nitrogens with one attached hydrogen (secondary N) is 1. The standard InChI is InChI=1S/C13H14FN3O/c1-10-3-4-12(14)11(9-10)13(18)15-6-8-17-7-2-5-16-17/h2-5,7,9H,6,8H2,1H3,(H,15,18). The fourth-order valence-corrected chi connectivity index (χ4v) is 1.63. The number of aromatic nitrogens is 2. The minimum Gasteiger partial charge on any atom is -0.350 e. The van der Waals surface area contributed by atoms with Crippen molar-refractivity contribution < 1.29 is 9.18 Å². The number of hydrogen-bond acceptors (Lipinski definition) is 2. The van der Waals surface area contributed by atoms with E-state index >= 15 is 0 Å². The van der Waals surface area contributed by atoms with E-state index in [2.05, 4.69) is 10.4 Å². The van der Waals surface area contributed by atoms with Gasteiger partial charge in [0.1, 0.15) is 5.82 Å². The third-order valence-corrected chi connectivity index (χ3v) is 2.55. The molecule has 1 heterocycles. The second-order valence-electron chi connectivity index (χ2n) is 4.01. The molecule has 0 aliphatic rings. The normalized spacial score (nSPS) is 10.3.